The van der Waals surface area contributed by atoms with Gasteiger partial charge in [0.05, 0.1) is 6.42 Å². The second-order valence-electron chi connectivity index (χ2n) is 4.77. The third-order valence-electron chi connectivity index (χ3n) is 3.38. The molecule has 102 valence electrons. The van der Waals surface area contributed by atoms with Crippen molar-refractivity contribution in [2.45, 2.75) is 6.42 Å². The van der Waals surface area contributed by atoms with Crippen molar-refractivity contribution in [2.75, 3.05) is 32.7 Å². The van der Waals surface area contributed by atoms with Crippen molar-refractivity contribution < 1.29 is 4.79 Å². The van der Waals surface area contributed by atoms with Gasteiger partial charge in [-0.15, -0.1) is 6.58 Å². The van der Waals surface area contributed by atoms with Crippen molar-refractivity contribution in [2.24, 2.45) is 0 Å². The van der Waals surface area contributed by atoms with Gasteiger partial charge in [-0.2, -0.15) is 0 Å². The number of amides is 1. The quantitative estimate of drug-likeness (QED) is 0.794. The van der Waals surface area contributed by atoms with Crippen LogP contribution in [0.3, 0.4) is 0 Å². The Balaban J connectivity index is 1.84. The Kier molecular flexibility index (Phi) is 5.16. The Labute approximate surface area is 123 Å². The molecule has 0 atom stereocenters. The number of piperazine rings is 1. The molecule has 19 heavy (non-hydrogen) atoms. The summed E-state index contributed by atoms with van der Waals surface area (Å²) in [6, 6.07) is 7.95. The Hall–Kier alpha value is -1.13. The standard InChI is InChI=1S/C15H19BrN2O/c1-2-7-17-8-10-18(11-9-17)15(19)12-13-3-5-14(16)6-4-13/h2-6H,1,7-12H2. The fourth-order valence-electron chi connectivity index (χ4n) is 2.25. The number of nitrogens with zero attached hydrogens (tertiary/aromatic N) is 2. The van der Waals surface area contributed by atoms with E-state index in [1.54, 1.807) is 0 Å². The summed E-state index contributed by atoms with van der Waals surface area (Å²) >= 11 is 3.40. The number of benzene rings is 1. The first-order chi connectivity index (χ1) is 9.19. The first kappa shape index (κ1) is 14.3. The average Bonchev–Trinajstić information content (AvgIpc) is 2.42. The number of hydrogen-bond acceptors (Lipinski definition) is 2. The van der Waals surface area contributed by atoms with Gasteiger partial charge in [0.2, 0.25) is 5.91 Å². The summed E-state index contributed by atoms with van der Waals surface area (Å²) in [4.78, 5) is 16.5. The van der Waals surface area contributed by atoms with Crippen molar-refractivity contribution in [3.63, 3.8) is 0 Å². The van der Waals surface area contributed by atoms with Crippen LogP contribution in [-0.2, 0) is 11.2 Å². The van der Waals surface area contributed by atoms with E-state index in [-0.39, 0.29) is 5.91 Å². The zero-order valence-electron chi connectivity index (χ0n) is 11.0. The molecule has 4 heteroatoms. The van der Waals surface area contributed by atoms with Gasteiger partial charge < -0.3 is 4.90 Å². The van der Waals surface area contributed by atoms with Crippen LogP contribution >= 0.6 is 15.9 Å². The van der Waals surface area contributed by atoms with Crippen molar-refractivity contribution in [1.29, 1.82) is 0 Å². The van der Waals surface area contributed by atoms with E-state index in [0.29, 0.717) is 6.42 Å². The van der Waals surface area contributed by atoms with Gasteiger partial charge in [0.1, 0.15) is 0 Å². The van der Waals surface area contributed by atoms with E-state index in [1.165, 1.54) is 0 Å². The number of halogens is 1. The van der Waals surface area contributed by atoms with E-state index in [1.807, 2.05) is 35.2 Å². The molecule has 2 rings (SSSR count). The Morgan fingerprint density at radius 1 is 1.21 bits per heavy atom. The van der Waals surface area contributed by atoms with Gasteiger partial charge in [0.25, 0.3) is 0 Å². The van der Waals surface area contributed by atoms with Gasteiger partial charge in [-0.1, -0.05) is 34.1 Å². The summed E-state index contributed by atoms with van der Waals surface area (Å²) in [5.74, 6) is 0.223. The van der Waals surface area contributed by atoms with Crippen LogP contribution in [0.2, 0.25) is 0 Å². The molecule has 3 nitrogen and oxygen atoms in total. The number of carbonyl (C=O) groups is 1. The van der Waals surface area contributed by atoms with Crippen molar-refractivity contribution in [3.8, 4) is 0 Å². The van der Waals surface area contributed by atoms with E-state index in [0.717, 1.165) is 42.8 Å². The van der Waals surface area contributed by atoms with Crippen LogP contribution < -0.4 is 0 Å². The van der Waals surface area contributed by atoms with Gasteiger partial charge in [-0.25, -0.2) is 0 Å². The summed E-state index contributed by atoms with van der Waals surface area (Å²) in [5.41, 5.74) is 1.07. The first-order valence-electron chi connectivity index (χ1n) is 6.54. The third kappa shape index (κ3) is 4.18. The summed E-state index contributed by atoms with van der Waals surface area (Å²) < 4.78 is 1.04. The van der Waals surface area contributed by atoms with Crippen LogP contribution in [0.1, 0.15) is 5.56 Å². The molecule has 1 aliphatic heterocycles. The van der Waals surface area contributed by atoms with E-state index in [4.69, 9.17) is 0 Å². The Morgan fingerprint density at radius 3 is 2.42 bits per heavy atom. The number of carbonyl (C=O) groups excluding carboxylic acids is 1. The average molecular weight is 323 g/mol. The van der Waals surface area contributed by atoms with E-state index in [2.05, 4.69) is 27.4 Å². The molecule has 0 bridgehead atoms. The van der Waals surface area contributed by atoms with E-state index < -0.39 is 0 Å². The normalized spacial score (nSPS) is 16.4. The van der Waals surface area contributed by atoms with Gasteiger partial charge in [-0.3, -0.25) is 9.69 Å². The lowest BCUT2D eigenvalue weighted by Gasteiger charge is -2.34. The number of rotatable bonds is 4. The molecule has 1 aromatic carbocycles. The van der Waals surface area contributed by atoms with Crippen molar-refractivity contribution in [1.82, 2.24) is 9.80 Å². The van der Waals surface area contributed by atoms with Crippen LogP contribution in [0.25, 0.3) is 0 Å². The molecule has 1 aliphatic rings. The number of hydrogen-bond donors (Lipinski definition) is 0. The van der Waals surface area contributed by atoms with Crippen LogP contribution in [-0.4, -0.2) is 48.4 Å². The highest BCUT2D eigenvalue weighted by Gasteiger charge is 2.20. The molecule has 1 heterocycles. The highest BCUT2D eigenvalue weighted by Crippen LogP contribution is 2.12. The van der Waals surface area contributed by atoms with E-state index in [9.17, 15) is 4.79 Å². The van der Waals surface area contributed by atoms with Gasteiger partial charge in [-0.05, 0) is 17.7 Å². The predicted molar refractivity (Wildman–Crippen MR) is 81.1 cm³/mol. The van der Waals surface area contributed by atoms with Crippen LogP contribution in [0.4, 0.5) is 0 Å². The maximum absolute atomic E-state index is 12.2. The summed E-state index contributed by atoms with van der Waals surface area (Å²) in [6.07, 6.45) is 2.41. The topological polar surface area (TPSA) is 23.6 Å². The largest absolute Gasteiger partial charge is 0.340 e. The minimum atomic E-state index is 0.223. The SMILES string of the molecule is C=CCN1CCN(C(=O)Cc2ccc(Br)cc2)CC1. The maximum atomic E-state index is 12.2. The van der Waals surface area contributed by atoms with Gasteiger partial charge in [0, 0.05) is 37.2 Å². The van der Waals surface area contributed by atoms with Gasteiger partial charge in [0.15, 0.2) is 0 Å². The molecular weight excluding hydrogens is 304 g/mol. The molecule has 1 aromatic rings. The lowest BCUT2D eigenvalue weighted by Crippen LogP contribution is -2.49. The Morgan fingerprint density at radius 2 is 1.84 bits per heavy atom. The molecule has 0 spiro atoms. The second kappa shape index (κ2) is 6.87. The molecule has 0 unspecified atom stereocenters. The van der Waals surface area contributed by atoms with Crippen molar-refractivity contribution in [3.05, 3.63) is 47.0 Å². The second-order valence-corrected chi connectivity index (χ2v) is 5.69. The third-order valence-corrected chi connectivity index (χ3v) is 3.91. The predicted octanol–water partition coefficient (Wildman–Crippen LogP) is 2.32. The molecule has 0 aromatic heterocycles. The van der Waals surface area contributed by atoms with Crippen LogP contribution in [0.15, 0.2) is 41.4 Å². The first-order valence-corrected chi connectivity index (χ1v) is 7.34. The van der Waals surface area contributed by atoms with Gasteiger partial charge >= 0.3 is 0 Å². The molecular formula is C15H19BrN2O. The van der Waals surface area contributed by atoms with Crippen molar-refractivity contribution >= 4 is 21.8 Å². The lowest BCUT2D eigenvalue weighted by atomic mass is 10.1. The Bertz CT molecular complexity index is 436. The summed E-state index contributed by atoms with van der Waals surface area (Å²) in [6.45, 7) is 8.19. The zero-order chi connectivity index (χ0) is 13.7. The monoisotopic (exact) mass is 322 g/mol. The minimum Gasteiger partial charge on any atom is -0.340 e. The smallest absolute Gasteiger partial charge is 0.227 e. The summed E-state index contributed by atoms with van der Waals surface area (Å²) in [5, 5.41) is 0. The fourth-order valence-corrected chi connectivity index (χ4v) is 2.52. The molecule has 0 N–H and O–H groups in total. The molecule has 0 saturated carbocycles. The molecule has 0 aliphatic carbocycles. The minimum absolute atomic E-state index is 0.223. The highest BCUT2D eigenvalue weighted by molar-refractivity contribution is 9.10. The summed E-state index contributed by atoms with van der Waals surface area (Å²) in [7, 11) is 0. The molecule has 1 saturated heterocycles. The van der Waals surface area contributed by atoms with Crippen LogP contribution in [0, 0.1) is 0 Å². The fraction of sp³-hybridized carbons (Fsp3) is 0.400. The maximum Gasteiger partial charge on any atom is 0.227 e. The molecule has 1 amide bonds. The van der Waals surface area contributed by atoms with E-state index >= 15 is 0 Å². The lowest BCUT2D eigenvalue weighted by molar-refractivity contribution is -0.132. The molecule has 0 radical (unpaired) electrons. The molecule has 1 fully saturated rings. The zero-order valence-corrected chi connectivity index (χ0v) is 12.6. The van der Waals surface area contributed by atoms with Crippen LogP contribution in [0.5, 0.6) is 0 Å². The highest BCUT2D eigenvalue weighted by atomic mass is 79.9.